The molecule has 2 fully saturated rings. The maximum atomic E-state index is 13.1. The number of carbonyl (C=O) groups is 1. The standard InChI is InChI=1S/C20H28BNO5/c1-12-8-13-10-22(16-6-7-25-11-17(16)23)18(24)14(13)9-15(12)21-26-19(2,3)20(4,5)27-21/h8-9,16-17,23H,6-7,10-11H2,1-5H3/t16-,17-/m0/s1. The number of aliphatic hydroxyl groups excluding tert-OH is 1. The molecule has 6 nitrogen and oxygen atoms in total. The zero-order valence-corrected chi connectivity index (χ0v) is 16.7. The fourth-order valence-corrected chi connectivity index (χ4v) is 4.09. The zero-order valence-electron chi connectivity index (χ0n) is 16.7. The first-order chi connectivity index (χ1) is 12.6. The van der Waals surface area contributed by atoms with E-state index in [-0.39, 0.29) is 18.6 Å². The molecule has 1 aromatic carbocycles. The summed E-state index contributed by atoms with van der Waals surface area (Å²) in [4.78, 5) is 14.9. The number of fused-ring (bicyclic) bond motifs is 1. The van der Waals surface area contributed by atoms with E-state index in [1.54, 1.807) is 4.90 Å². The van der Waals surface area contributed by atoms with Crippen molar-refractivity contribution in [3.63, 3.8) is 0 Å². The Morgan fingerprint density at radius 2 is 1.85 bits per heavy atom. The normalized spacial score (nSPS) is 29.3. The van der Waals surface area contributed by atoms with Crippen LogP contribution >= 0.6 is 0 Å². The summed E-state index contributed by atoms with van der Waals surface area (Å²) < 4.78 is 17.7. The maximum Gasteiger partial charge on any atom is 0.495 e. The van der Waals surface area contributed by atoms with Gasteiger partial charge in [-0.25, -0.2) is 0 Å². The number of hydrogen-bond acceptors (Lipinski definition) is 5. The molecule has 1 N–H and O–H groups in total. The number of benzene rings is 1. The van der Waals surface area contributed by atoms with Gasteiger partial charge in [0.25, 0.3) is 5.91 Å². The predicted octanol–water partition coefficient (Wildman–Crippen LogP) is 1.40. The van der Waals surface area contributed by atoms with Gasteiger partial charge in [-0.1, -0.05) is 11.6 Å². The van der Waals surface area contributed by atoms with Crippen molar-refractivity contribution in [2.45, 2.75) is 70.9 Å². The van der Waals surface area contributed by atoms with Gasteiger partial charge in [0.2, 0.25) is 0 Å². The molecule has 0 radical (unpaired) electrons. The Balaban J connectivity index is 1.63. The first-order valence-electron chi connectivity index (χ1n) is 9.66. The van der Waals surface area contributed by atoms with Crippen LogP contribution in [0, 0.1) is 6.92 Å². The van der Waals surface area contributed by atoms with E-state index in [0.29, 0.717) is 25.1 Å². The summed E-state index contributed by atoms with van der Waals surface area (Å²) in [6.45, 7) is 11.5. The van der Waals surface area contributed by atoms with Crippen molar-refractivity contribution in [3.05, 3.63) is 28.8 Å². The minimum absolute atomic E-state index is 0.0336. The third-order valence-corrected chi connectivity index (χ3v) is 6.52. The second kappa shape index (κ2) is 6.31. The lowest BCUT2D eigenvalue weighted by Gasteiger charge is -2.34. The molecule has 4 rings (SSSR count). The van der Waals surface area contributed by atoms with E-state index >= 15 is 0 Å². The van der Waals surface area contributed by atoms with Crippen LogP contribution in [-0.2, 0) is 20.6 Å². The number of amides is 1. The Hall–Kier alpha value is -1.41. The molecule has 0 bridgehead atoms. The maximum absolute atomic E-state index is 13.1. The summed E-state index contributed by atoms with van der Waals surface area (Å²) in [7, 11) is -0.490. The van der Waals surface area contributed by atoms with Crippen LogP contribution in [0.5, 0.6) is 0 Å². The van der Waals surface area contributed by atoms with Crippen LogP contribution in [0.25, 0.3) is 0 Å². The lowest BCUT2D eigenvalue weighted by molar-refractivity contribution is -0.0572. The highest BCUT2D eigenvalue weighted by Gasteiger charge is 2.52. The van der Waals surface area contributed by atoms with E-state index in [1.807, 2.05) is 40.7 Å². The molecule has 2 atom stereocenters. The molecule has 2 saturated heterocycles. The van der Waals surface area contributed by atoms with Gasteiger partial charge in [-0.2, -0.15) is 0 Å². The topological polar surface area (TPSA) is 68.2 Å². The van der Waals surface area contributed by atoms with Crippen LogP contribution in [0.1, 0.15) is 55.6 Å². The van der Waals surface area contributed by atoms with Crippen molar-refractivity contribution in [1.29, 1.82) is 0 Å². The molecular formula is C20H28BNO5. The van der Waals surface area contributed by atoms with Crippen molar-refractivity contribution >= 4 is 18.5 Å². The lowest BCUT2D eigenvalue weighted by atomic mass is 9.75. The van der Waals surface area contributed by atoms with Crippen molar-refractivity contribution in [2.24, 2.45) is 0 Å². The number of aryl methyl sites for hydroxylation is 1. The number of nitrogens with zero attached hydrogens (tertiary/aromatic N) is 1. The first-order valence-corrected chi connectivity index (χ1v) is 9.66. The number of rotatable bonds is 2. The summed E-state index contributed by atoms with van der Waals surface area (Å²) in [6.07, 6.45) is 0.0184. The summed E-state index contributed by atoms with van der Waals surface area (Å²) in [5.74, 6) is -0.0336. The van der Waals surface area contributed by atoms with Gasteiger partial charge in [-0.05, 0) is 58.1 Å². The van der Waals surface area contributed by atoms with E-state index in [0.717, 1.165) is 16.6 Å². The highest BCUT2D eigenvalue weighted by molar-refractivity contribution is 6.62. The molecule has 1 amide bonds. The van der Waals surface area contributed by atoms with Crippen LogP contribution in [0.2, 0.25) is 0 Å². The van der Waals surface area contributed by atoms with Crippen molar-refractivity contribution in [1.82, 2.24) is 4.90 Å². The molecule has 3 aliphatic heterocycles. The second-order valence-corrected chi connectivity index (χ2v) is 8.89. The average Bonchev–Trinajstić information content (AvgIpc) is 3.00. The SMILES string of the molecule is Cc1cc2c(cc1B1OC(C)(C)C(C)(C)O1)C(=O)N([C@H]1CCOC[C@@H]1O)C2. The molecule has 146 valence electrons. The van der Waals surface area contributed by atoms with E-state index in [1.165, 1.54) is 0 Å². The Morgan fingerprint density at radius 1 is 1.19 bits per heavy atom. The van der Waals surface area contributed by atoms with E-state index in [9.17, 15) is 9.90 Å². The van der Waals surface area contributed by atoms with Crippen LogP contribution in [0.3, 0.4) is 0 Å². The second-order valence-electron chi connectivity index (χ2n) is 8.89. The van der Waals surface area contributed by atoms with Crippen molar-refractivity contribution in [2.75, 3.05) is 13.2 Å². The summed E-state index contributed by atoms with van der Waals surface area (Å²) in [5.41, 5.74) is 2.78. The Kier molecular flexibility index (Phi) is 4.42. The summed E-state index contributed by atoms with van der Waals surface area (Å²) in [5, 5.41) is 10.3. The third-order valence-electron chi connectivity index (χ3n) is 6.52. The summed E-state index contributed by atoms with van der Waals surface area (Å²) >= 11 is 0. The highest BCUT2D eigenvalue weighted by atomic mass is 16.7. The fraction of sp³-hybridized carbons (Fsp3) is 0.650. The first kappa shape index (κ1) is 18.9. The molecule has 0 aromatic heterocycles. The predicted molar refractivity (Wildman–Crippen MR) is 102 cm³/mol. The molecule has 27 heavy (non-hydrogen) atoms. The van der Waals surface area contributed by atoms with Gasteiger partial charge < -0.3 is 24.1 Å². The van der Waals surface area contributed by atoms with Crippen LogP contribution < -0.4 is 5.46 Å². The third kappa shape index (κ3) is 3.01. The van der Waals surface area contributed by atoms with Gasteiger partial charge >= 0.3 is 7.12 Å². The van der Waals surface area contributed by atoms with Gasteiger partial charge in [0.05, 0.1) is 30.0 Å². The van der Waals surface area contributed by atoms with E-state index in [4.69, 9.17) is 14.0 Å². The Morgan fingerprint density at radius 3 is 2.48 bits per heavy atom. The van der Waals surface area contributed by atoms with Gasteiger partial charge in [0.15, 0.2) is 0 Å². The molecular weight excluding hydrogens is 345 g/mol. The molecule has 3 heterocycles. The van der Waals surface area contributed by atoms with Crippen LogP contribution in [-0.4, -0.2) is 59.6 Å². The molecule has 0 saturated carbocycles. The molecule has 1 aromatic rings. The van der Waals surface area contributed by atoms with Gasteiger partial charge in [0, 0.05) is 18.7 Å². The molecule has 3 aliphatic rings. The molecule has 0 spiro atoms. The van der Waals surface area contributed by atoms with Crippen LogP contribution in [0.15, 0.2) is 12.1 Å². The Labute approximate surface area is 160 Å². The highest BCUT2D eigenvalue weighted by Crippen LogP contribution is 2.37. The minimum atomic E-state index is -0.638. The smallest absolute Gasteiger partial charge is 0.399 e. The zero-order chi connectivity index (χ0) is 19.6. The van der Waals surface area contributed by atoms with Crippen molar-refractivity contribution in [3.8, 4) is 0 Å². The Bertz CT molecular complexity index is 762. The average molecular weight is 373 g/mol. The van der Waals surface area contributed by atoms with E-state index < -0.39 is 24.4 Å². The molecule has 0 unspecified atom stereocenters. The van der Waals surface area contributed by atoms with Crippen molar-refractivity contribution < 1.29 is 23.9 Å². The van der Waals surface area contributed by atoms with Crippen LogP contribution in [0.4, 0.5) is 0 Å². The quantitative estimate of drug-likeness (QED) is 0.794. The minimum Gasteiger partial charge on any atom is -0.399 e. The largest absolute Gasteiger partial charge is 0.495 e. The number of aliphatic hydroxyl groups is 1. The monoisotopic (exact) mass is 373 g/mol. The van der Waals surface area contributed by atoms with E-state index in [2.05, 4.69) is 6.07 Å². The number of ether oxygens (including phenoxy) is 1. The fourth-order valence-electron chi connectivity index (χ4n) is 4.09. The lowest BCUT2D eigenvalue weighted by Crippen LogP contribution is -2.49. The van der Waals surface area contributed by atoms with Gasteiger partial charge in [-0.3, -0.25) is 4.79 Å². The summed E-state index contributed by atoms with van der Waals surface area (Å²) in [6, 6.07) is 3.78. The number of hydrogen-bond donors (Lipinski definition) is 1. The molecule has 0 aliphatic carbocycles. The van der Waals surface area contributed by atoms with Gasteiger partial charge in [-0.15, -0.1) is 0 Å². The number of carbonyl (C=O) groups excluding carboxylic acids is 1. The van der Waals surface area contributed by atoms with Gasteiger partial charge in [0.1, 0.15) is 0 Å². The molecule has 7 heteroatoms.